The Morgan fingerprint density at radius 2 is 1.95 bits per heavy atom. The quantitative estimate of drug-likeness (QED) is 0.767. The molecule has 0 aliphatic carbocycles. The van der Waals surface area contributed by atoms with Crippen LogP contribution in [-0.2, 0) is 11.3 Å². The highest BCUT2D eigenvalue weighted by molar-refractivity contribution is 5.70. The van der Waals surface area contributed by atoms with Crippen molar-refractivity contribution >= 4 is 11.7 Å². The van der Waals surface area contributed by atoms with E-state index in [0.717, 1.165) is 5.69 Å². The Morgan fingerprint density at radius 3 is 2.50 bits per heavy atom. The zero-order valence-electron chi connectivity index (χ0n) is 12.9. The van der Waals surface area contributed by atoms with E-state index in [-0.39, 0.29) is 5.92 Å². The number of para-hydroxylation sites is 1. The van der Waals surface area contributed by atoms with Crippen LogP contribution in [0.4, 0.5) is 5.69 Å². The zero-order valence-corrected chi connectivity index (χ0v) is 12.9. The number of nitrogens with one attached hydrogen (secondary N) is 1. The Hall–Kier alpha value is -1.55. The standard InChI is InChI=1S/C16H26N2O2/c1-12(2)9-14(16(19)20)11-17-10-13-7-5-6-8-15(13)18(3)4/h5-8,12,14,17H,9-11H2,1-4H3,(H,19,20). The molecule has 1 rings (SSSR count). The van der Waals surface area contributed by atoms with E-state index >= 15 is 0 Å². The van der Waals surface area contributed by atoms with Crippen LogP contribution in [0.1, 0.15) is 25.8 Å². The number of benzene rings is 1. The molecule has 4 heteroatoms. The number of carbonyl (C=O) groups is 1. The fourth-order valence-electron chi connectivity index (χ4n) is 2.32. The molecule has 0 spiro atoms. The number of hydrogen-bond acceptors (Lipinski definition) is 3. The Balaban J connectivity index is 2.57. The lowest BCUT2D eigenvalue weighted by molar-refractivity contribution is -0.142. The normalized spacial score (nSPS) is 12.4. The third kappa shape index (κ3) is 5.21. The summed E-state index contributed by atoms with van der Waals surface area (Å²) in [6, 6.07) is 8.16. The van der Waals surface area contributed by atoms with Crippen LogP contribution in [-0.4, -0.2) is 31.7 Å². The Bertz CT molecular complexity index is 430. The van der Waals surface area contributed by atoms with Gasteiger partial charge in [0.05, 0.1) is 5.92 Å². The lowest BCUT2D eigenvalue weighted by Gasteiger charge is -2.19. The molecular formula is C16H26N2O2. The summed E-state index contributed by atoms with van der Waals surface area (Å²) in [5, 5.41) is 12.5. The van der Waals surface area contributed by atoms with Gasteiger partial charge < -0.3 is 15.3 Å². The highest BCUT2D eigenvalue weighted by Gasteiger charge is 2.18. The molecule has 2 N–H and O–H groups in total. The van der Waals surface area contributed by atoms with Gasteiger partial charge >= 0.3 is 5.97 Å². The first-order chi connectivity index (χ1) is 9.41. The number of carboxylic acid groups (broad SMARTS) is 1. The summed E-state index contributed by atoms with van der Waals surface area (Å²) in [6.07, 6.45) is 0.706. The average molecular weight is 278 g/mol. The molecule has 1 unspecified atom stereocenters. The highest BCUT2D eigenvalue weighted by atomic mass is 16.4. The van der Waals surface area contributed by atoms with Crippen molar-refractivity contribution in [1.29, 1.82) is 0 Å². The lowest BCUT2D eigenvalue weighted by atomic mass is 9.97. The van der Waals surface area contributed by atoms with Crippen LogP contribution in [0.3, 0.4) is 0 Å². The summed E-state index contributed by atoms with van der Waals surface area (Å²) in [6.45, 7) is 5.31. The second-order valence-electron chi connectivity index (χ2n) is 5.82. The maximum absolute atomic E-state index is 11.2. The van der Waals surface area contributed by atoms with Crippen molar-refractivity contribution in [2.75, 3.05) is 25.5 Å². The molecule has 0 amide bonds. The van der Waals surface area contributed by atoms with Crippen LogP contribution < -0.4 is 10.2 Å². The van der Waals surface area contributed by atoms with E-state index in [1.54, 1.807) is 0 Å². The van der Waals surface area contributed by atoms with Crippen molar-refractivity contribution in [3.63, 3.8) is 0 Å². The molecule has 0 fully saturated rings. The summed E-state index contributed by atoms with van der Waals surface area (Å²) < 4.78 is 0. The maximum atomic E-state index is 11.2. The minimum Gasteiger partial charge on any atom is -0.481 e. The fraction of sp³-hybridized carbons (Fsp3) is 0.562. The van der Waals surface area contributed by atoms with Gasteiger partial charge in [0.2, 0.25) is 0 Å². The van der Waals surface area contributed by atoms with Crippen LogP contribution in [0.25, 0.3) is 0 Å². The van der Waals surface area contributed by atoms with Crippen LogP contribution in [0.5, 0.6) is 0 Å². The second-order valence-corrected chi connectivity index (χ2v) is 5.82. The van der Waals surface area contributed by atoms with E-state index in [1.165, 1.54) is 5.56 Å². The van der Waals surface area contributed by atoms with Gasteiger partial charge in [-0.25, -0.2) is 0 Å². The number of anilines is 1. The number of carboxylic acids is 1. The molecule has 0 saturated heterocycles. The van der Waals surface area contributed by atoms with E-state index in [1.807, 2.05) is 26.2 Å². The van der Waals surface area contributed by atoms with E-state index in [9.17, 15) is 9.90 Å². The van der Waals surface area contributed by atoms with Crippen molar-refractivity contribution in [3.05, 3.63) is 29.8 Å². The molecule has 1 aromatic carbocycles. The van der Waals surface area contributed by atoms with E-state index in [4.69, 9.17) is 0 Å². The van der Waals surface area contributed by atoms with E-state index < -0.39 is 5.97 Å². The molecule has 0 radical (unpaired) electrons. The van der Waals surface area contributed by atoms with Crippen molar-refractivity contribution in [2.24, 2.45) is 11.8 Å². The number of nitrogens with zero attached hydrogens (tertiary/aromatic N) is 1. The minimum atomic E-state index is -0.716. The van der Waals surface area contributed by atoms with Crippen molar-refractivity contribution < 1.29 is 9.90 Å². The van der Waals surface area contributed by atoms with Gasteiger partial charge in [-0.1, -0.05) is 32.0 Å². The first-order valence-corrected chi connectivity index (χ1v) is 7.10. The van der Waals surface area contributed by atoms with Crippen LogP contribution in [0.15, 0.2) is 24.3 Å². The van der Waals surface area contributed by atoms with Gasteiger partial charge in [-0.2, -0.15) is 0 Å². The summed E-state index contributed by atoms with van der Waals surface area (Å²) in [7, 11) is 4.02. The van der Waals surface area contributed by atoms with Gasteiger partial charge in [-0.3, -0.25) is 4.79 Å². The molecule has 0 heterocycles. The van der Waals surface area contributed by atoms with Crippen LogP contribution in [0.2, 0.25) is 0 Å². The third-order valence-electron chi connectivity index (χ3n) is 3.28. The summed E-state index contributed by atoms with van der Waals surface area (Å²) >= 11 is 0. The minimum absolute atomic E-state index is 0.318. The molecule has 0 saturated carbocycles. The molecule has 20 heavy (non-hydrogen) atoms. The van der Waals surface area contributed by atoms with Gasteiger partial charge in [0, 0.05) is 32.9 Å². The molecule has 112 valence electrons. The molecular weight excluding hydrogens is 252 g/mol. The molecule has 0 aliphatic heterocycles. The second kappa shape index (κ2) is 7.90. The molecule has 0 bridgehead atoms. The van der Waals surface area contributed by atoms with Gasteiger partial charge in [0.25, 0.3) is 0 Å². The average Bonchev–Trinajstić information content (AvgIpc) is 2.37. The predicted molar refractivity (Wildman–Crippen MR) is 83.1 cm³/mol. The third-order valence-corrected chi connectivity index (χ3v) is 3.28. The van der Waals surface area contributed by atoms with Crippen molar-refractivity contribution in [2.45, 2.75) is 26.8 Å². The largest absolute Gasteiger partial charge is 0.481 e. The number of hydrogen-bond donors (Lipinski definition) is 2. The van der Waals surface area contributed by atoms with E-state index in [0.29, 0.717) is 25.4 Å². The lowest BCUT2D eigenvalue weighted by Crippen LogP contribution is -2.29. The molecule has 1 atom stereocenters. The molecule has 4 nitrogen and oxygen atoms in total. The first kappa shape index (κ1) is 16.5. The van der Waals surface area contributed by atoms with Gasteiger partial charge in [-0.05, 0) is 24.0 Å². The smallest absolute Gasteiger partial charge is 0.307 e. The SMILES string of the molecule is CC(C)CC(CNCc1ccccc1N(C)C)C(=O)O. The number of aliphatic carboxylic acids is 1. The van der Waals surface area contributed by atoms with Crippen LogP contribution in [0, 0.1) is 11.8 Å². The Kier molecular flexibility index (Phi) is 6.52. The fourth-order valence-corrected chi connectivity index (χ4v) is 2.32. The van der Waals surface area contributed by atoms with Gasteiger partial charge in [-0.15, -0.1) is 0 Å². The van der Waals surface area contributed by atoms with Gasteiger partial charge in [0.1, 0.15) is 0 Å². The Labute approximate surface area is 121 Å². The van der Waals surface area contributed by atoms with E-state index in [2.05, 4.69) is 36.2 Å². The molecule has 1 aromatic rings. The summed E-state index contributed by atoms with van der Waals surface area (Å²) in [5.74, 6) is -0.638. The topological polar surface area (TPSA) is 52.6 Å². The zero-order chi connectivity index (χ0) is 15.1. The van der Waals surface area contributed by atoms with Gasteiger partial charge in [0.15, 0.2) is 0 Å². The monoisotopic (exact) mass is 278 g/mol. The molecule has 0 aliphatic rings. The van der Waals surface area contributed by atoms with Crippen molar-refractivity contribution in [3.8, 4) is 0 Å². The molecule has 0 aromatic heterocycles. The Morgan fingerprint density at radius 1 is 1.30 bits per heavy atom. The highest BCUT2D eigenvalue weighted by Crippen LogP contribution is 2.18. The summed E-state index contributed by atoms with van der Waals surface area (Å²) in [5.41, 5.74) is 2.35. The van der Waals surface area contributed by atoms with Crippen LogP contribution >= 0.6 is 0 Å². The number of rotatable bonds is 8. The first-order valence-electron chi connectivity index (χ1n) is 7.10. The predicted octanol–water partition coefficient (Wildman–Crippen LogP) is 2.59. The van der Waals surface area contributed by atoms with Crippen molar-refractivity contribution in [1.82, 2.24) is 5.32 Å². The maximum Gasteiger partial charge on any atom is 0.307 e. The summed E-state index contributed by atoms with van der Waals surface area (Å²) in [4.78, 5) is 13.3.